The van der Waals surface area contributed by atoms with Gasteiger partial charge in [0.2, 0.25) is 5.95 Å². The quantitative estimate of drug-likeness (QED) is 0.781. The molecule has 0 spiro atoms. The molecule has 0 bridgehead atoms. The highest BCUT2D eigenvalue weighted by Crippen LogP contribution is 2.20. The molecule has 0 radical (unpaired) electrons. The van der Waals surface area contributed by atoms with E-state index in [4.69, 9.17) is 5.10 Å². The lowest BCUT2D eigenvalue weighted by atomic mass is 10.1. The summed E-state index contributed by atoms with van der Waals surface area (Å²) in [5.74, 6) is 0.994. The smallest absolute Gasteiger partial charge is 0.222 e. The van der Waals surface area contributed by atoms with Crippen LogP contribution in [0.15, 0.2) is 48.9 Å². The van der Waals surface area contributed by atoms with Crippen LogP contribution in [0.5, 0.6) is 0 Å². The predicted molar refractivity (Wildman–Crippen MR) is 91.7 cm³/mol. The Labute approximate surface area is 136 Å². The molecule has 1 N–H and O–H groups in total. The Bertz CT molecular complexity index is 760. The van der Waals surface area contributed by atoms with Crippen molar-refractivity contribution in [3.05, 3.63) is 65.7 Å². The Balaban J connectivity index is 1.83. The van der Waals surface area contributed by atoms with Crippen molar-refractivity contribution in [1.82, 2.24) is 19.7 Å². The minimum atomic E-state index is 0.357. The van der Waals surface area contributed by atoms with E-state index in [1.54, 1.807) is 0 Å². The summed E-state index contributed by atoms with van der Waals surface area (Å²) in [6.07, 6.45) is 5.70. The first kappa shape index (κ1) is 15.2. The predicted octanol–water partition coefficient (Wildman–Crippen LogP) is 3.71. The standard InChI is InChI=1S/C18H21N5/c1-13(2)17-15(11-21-18-19-9-14(3)10-20-18)12-23(22-17)16-7-5-4-6-8-16/h4-10,12-13H,11H2,1-3H3,(H,19,20,21). The number of anilines is 1. The molecule has 0 fully saturated rings. The van der Waals surface area contributed by atoms with Crippen molar-refractivity contribution in [2.24, 2.45) is 0 Å². The Morgan fingerprint density at radius 1 is 1.09 bits per heavy atom. The number of nitrogens with zero attached hydrogens (tertiary/aromatic N) is 4. The van der Waals surface area contributed by atoms with Crippen LogP contribution in [-0.2, 0) is 6.54 Å². The molecular weight excluding hydrogens is 286 g/mol. The van der Waals surface area contributed by atoms with E-state index < -0.39 is 0 Å². The maximum atomic E-state index is 4.74. The average Bonchev–Trinajstić information content (AvgIpc) is 3.00. The van der Waals surface area contributed by atoms with Gasteiger partial charge in [0.1, 0.15) is 0 Å². The van der Waals surface area contributed by atoms with Gasteiger partial charge >= 0.3 is 0 Å². The summed E-state index contributed by atoms with van der Waals surface area (Å²) in [5.41, 5.74) is 4.36. The van der Waals surface area contributed by atoms with Gasteiger partial charge in [0, 0.05) is 30.7 Å². The molecule has 3 aromatic rings. The van der Waals surface area contributed by atoms with Crippen LogP contribution >= 0.6 is 0 Å². The number of nitrogens with one attached hydrogen (secondary N) is 1. The van der Waals surface area contributed by atoms with Gasteiger partial charge in [-0.25, -0.2) is 14.6 Å². The third-order valence-electron chi connectivity index (χ3n) is 3.61. The van der Waals surface area contributed by atoms with Gasteiger partial charge in [-0.05, 0) is 30.5 Å². The van der Waals surface area contributed by atoms with E-state index in [2.05, 4.69) is 47.5 Å². The molecule has 2 aromatic heterocycles. The van der Waals surface area contributed by atoms with Crippen LogP contribution in [0.2, 0.25) is 0 Å². The van der Waals surface area contributed by atoms with Gasteiger partial charge in [0.15, 0.2) is 0 Å². The van der Waals surface area contributed by atoms with Crippen molar-refractivity contribution in [1.29, 1.82) is 0 Å². The van der Waals surface area contributed by atoms with Crippen molar-refractivity contribution < 1.29 is 0 Å². The second kappa shape index (κ2) is 6.60. The topological polar surface area (TPSA) is 55.6 Å². The van der Waals surface area contributed by atoms with Gasteiger partial charge in [0.05, 0.1) is 11.4 Å². The number of hydrogen-bond donors (Lipinski definition) is 1. The van der Waals surface area contributed by atoms with E-state index in [1.165, 1.54) is 0 Å². The molecule has 0 saturated heterocycles. The Morgan fingerprint density at radius 3 is 2.43 bits per heavy atom. The molecule has 2 heterocycles. The number of rotatable bonds is 5. The Morgan fingerprint density at radius 2 is 1.78 bits per heavy atom. The molecule has 0 unspecified atom stereocenters. The molecule has 0 saturated carbocycles. The maximum absolute atomic E-state index is 4.74. The van der Waals surface area contributed by atoms with E-state index in [-0.39, 0.29) is 0 Å². The normalized spacial score (nSPS) is 11.0. The van der Waals surface area contributed by atoms with Crippen LogP contribution in [0.25, 0.3) is 5.69 Å². The Kier molecular flexibility index (Phi) is 4.37. The SMILES string of the molecule is Cc1cnc(NCc2cn(-c3ccccc3)nc2C(C)C)nc1. The number of benzene rings is 1. The molecule has 3 rings (SSSR count). The lowest BCUT2D eigenvalue weighted by Gasteiger charge is -2.06. The first-order chi connectivity index (χ1) is 11.1. The van der Waals surface area contributed by atoms with E-state index in [0.29, 0.717) is 18.4 Å². The van der Waals surface area contributed by atoms with Crippen LogP contribution in [0.3, 0.4) is 0 Å². The zero-order valence-corrected chi connectivity index (χ0v) is 13.7. The van der Waals surface area contributed by atoms with Crippen LogP contribution in [0.1, 0.15) is 36.6 Å². The summed E-state index contributed by atoms with van der Waals surface area (Å²) in [4.78, 5) is 8.57. The van der Waals surface area contributed by atoms with Crippen molar-refractivity contribution >= 4 is 5.95 Å². The zero-order valence-electron chi connectivity index (χ0n) is 13.7. The summed E-state index contributed by atoms with van der Waals surface area (Å²) >= 11 is 0. The number of para-hydroxylation sites is 1. The van der Waals surface area contributed by atoms with Gasteiger partial charge in [-0.1, -0.05) is 32.0 Å². The first-order valence-electron chi connectivity index (χ1n) is 7.80. The van der Waals surface area contributed by atoms with Crippen LogP contribution < -0.4 is 5.32 Å². The summed E-state index contributed by atoms with van der Waals surface area (Å²) in [6.45, 7) is 6.95. The summed E-state index contributed by atoms with van der Waals surface area (Å²) < 4.78 is 1.93. The molecule has 5 nitrogen and oxygen atoms in total. The number of aryl methyl sites for hydroxylation is 1. The average molecular weight is 307 g/mol. The van der Waals surface area contributed by atoms with Gasteiger partial charge in [-0.15, -0.1) is 0 Å². The molecule has 5 heteroatoms. The molecule has 0 aliphatic rings. The van der Waals surface area contributed by atoms with Crippen molar-refractivity contribution in [2.45, 2.75) is 33.2 Å². The van der Waals surface area contributed by atoms with E-state index >= 15 is 0 Å². The monoisotopic (exact) mass is 307 g/mol. The van der Waals surface area contributed by atoms with Crippen LogP contribution in [-0.4, -0.2) is 19.7 Å². The second-order valence-corrected chi connectivity index (χ2v) is 5.91. The minimum Gasteiger partial charge on any atom is -0.350 e. The summed E-state index contributed by atoms with van der Waals surface area (Å²) in [5, 5.41) is 8.01. The lowest BCUT2D eigenvalue weighted by Crippen LogP contribution is -2.05. The van der Waals surface area contributed by atoms with Crippen molar-refractivity contribution in [3.8, 4) is 5.69 Å². The van der Waals surface area contributed by atoms with Crippen molar-refractivity contribution in [3.63, 3.8) is 0 Å². The van der Waals surface area contributed by atoms with E-state index in [0.717, 1.165) is 22.5 Å². The zero-order chi connectivity index (χ0) is 16.2. The second-order valence-electron chi connectivity index (χ2n) is 5.91. The summed E-state index contributed by atoms with van der Waals surface area (Å²) in [7, 11) is 0. The fourth-order valence-electron chi connectivity index (χ4n) is 2.42. The molecule has 0 amide bonds. The van der Waals surface area contributed by atoms with E-state index in [9.17, 15) is 0 Å². The maximum Gasteiger partial charge on any atom is 0.222 e. The highest BCUT2D eigenvalue weighted by Gasteiger charge is 2.13. The van der Waals surface area contributed by atoms with Gasteiger partial charge in [0.25, 0.3) is 0 Å². The largest absolute Gasteiger partial charge is 0.350 e. The fourth-order valence-corrected chi connectivity index (χ4v) is 2.42. The number of hydrogen-bond acceptors (Lipinski definition) is 4. The summed E-state index contributed by atoms with van der Waals surface area (Å²) in [6, 6.07) is 10.1. The lowest BCUT2D eigenvalue weighted by molar-refractivity contribution is 0.763. The fraction of sp³-hybridized carbons (Fsp3) is 0.278. The highest BCUT2D eigenvalue weighted by atomic mass is 15.3. The molecule has 118 valence electrons. The molecular formula is C18H21N5. The van der Waals surface area contributed by atoms with Gasteiger partial charge in [-0.3, -0.25) is 0 Å². The van der Waals surface area contributed by atoms with Crippen LogP contribution in [0.4, 0.5) is 5.95 Å². The third-order valence-corrected chi connectivity index (χ3v) is 3.61. The first-order valence-corrected chi connectivity index (χ1v) is 7.80. The third kappa shape index (κ3) is 3.56. The van der Waals surface area contributed by atoms with Crippen LogP contribution in [0, 0.1) is 6.92 Å². The molecule has 0 aliphatic carbocycles. The number of aromatic nitrogens is 4. The highest BCUT2D eigenvalue weighted by molar-refractivity contribution is 5.35. The van der Waals surface area contributed by atoms with Gasteiger partial charge < -0.3 is 5.32 Å². The van der Waals surface area contributed by atoms with Gasteiger partial charge in [-0.2, -0.15) is 5.10 Å². The molecule has 23 heavy (non-hydrogen) atoms. The molecule has 0 aliphatic heterocycles. The minimum absolute atomic E-state index is 0.357. The van der Waals surface area contributed by atoms with Crippen molar-refractivity contribution in [2.75, 3.05) is 5.32 Å². The Hall–Kier alpha value is -2.69. The molecule has 0 atom stereocenters. The molecule has 1 aromatic carbocycles. The van der Waals surface area contributed by atoms with E-state index in [1.807, 2.05) is 42.2 Å².